The fourth-order valence-corrected chi connectivity index (χ4v) is 3.56. The molecule has 0 saturated heterocycles. The van der Waals surface area contributed by atoms with Crippen LogP contribution in [0.1, 0.15) is 30.9 Å². The van der Waals surface area contributed by atoms with Gasteiger partial charge in [-0.2, -0.15) is 0 Å². The van der Waals surface area contributed by atoms with E-state index >= 15 is 0 Å². The van der Waals surface area contributed by atoms with Crippen LogP contribution in [0.15, 0.2) is 59.7 Å². The van der Waals surface area contributed by atoms with Crippen molar-refractivity contribution in [3.05, 3.63) is 70.8 Å². The Balaban J connectivity index is 1.94. The highest BCUT2D eigenvalue weighted by Gasteiger charge is 2.42. The molecule has 0 fully saturated rings. The van der Waals surface area contributed by atoms with Crippen LogP contribution in [-0.4, -0.2) is 0 Å². The van der Waals surface area contributed by atoms with Gasteiger partial charge in [0.1, 0.15) is 0 Å². The highest BCUT2D eigenvalue weighted by Crippen LogP contribution is 2.57. The van der Waals surface area contributed by atoms with E-state index in [0.29, 0.717) is 11.8 Å². The molecule has 0 heterocycles. The first-order valence-corrected chi connectivity index (χ1v) is 6.64. The van der Waals surface area contributed by atoms with Crippen molar-refractivity contribution in [2.24, 2.45) is 5.92 Å². The Morgan fingerprint density at radius 1 is 0.611 bits per heavy atom. The van der Waals surface area contributed by atoms with Gasteiger partial charge in [0.25, 0.3) is 0 Å². The Labute approximate surface area is 108 Å². The van der Waals surface area contributed by atoms with E-state index in [0.717, 1.165) is 0 Å². The number of rotatable bonds is 1. The Bertz CT molecular complexity index is 618. The van der Waals surface area contributed by atoms with Crippen LogP contribution in [0.3, 0.4) is 0 Å². The van der Waals surface area contributed by atoms with Crippen LogP contribution >= 0.6 is 0 Å². The zero-order chi connectivity index (χ0) is 12.3. The summed E-state index contributed by atoms with van der Waals surface area (Å²) in [6.07, 6.45) is 0. The van der Waals surface area contributed by atoms with Gasteiger partial charge < -0.3 is 0 Å². The molecule has 0 bridgehead atoms. The van der Waals surface area contributed by atoms with E-state index in [-0.39, 0.29) is 0 Å². The Kier molecular flexibility index (Phi) is 1.89. The Morgan fingerprint density at radius 2 is 1.06 bits per heavy atom. The summed E-state index contributed by atoms with van der Waals surface area (Å²) in [6, 6.07) is 17.8. The third kappa shape index (κ3) is 1.16. The van der Waals surface area contributed by atoms with E-state index in [1.807, 2.05) is 0 Å². The average molecular weight is 232 g/mol. The van der Waals surface area contributed by atoms with Crippen molar-refractivity contribution in [3.63, 3.8) is 0 Å². The minimum atomic E-state index is 0.567. The Hall–Kier alpha value is -1.82. The quantitative estimate of drug-likeness (QED) is 0.621. The van der Waals surface area contributed by atoms with Crippen molar-refractivity contribution in [2.45, 2.75) is 19.8 Å². The van der Waals surface area contributed by atoms with Crippen molar-refractivity contribution in [1.29, 1.82) is 0 Å². The minimum Gasteiger partial charge on any atom is -0.0656 e. The summed E-state index contributed by atoms with van der Waals surface area (Å²) < 4.78 is 0. The van der Waals surface area contributed by atoms with Gasteiger partial charge in [0.05, 0.1) is 0 Å². The molecule has 0 heteroatoms. The molecule has 0 saturated carbocycles. The second-order valence-corrected chi connectivity index (χ2v) is 5.50. The molecule has 0 amide bonds. The summed E-state index contributed by atoms with van der Waals surface area (Å²) in [5.41, 5.74) is 9.08. The Morgan fingerprint density at radius 3 is 1.50 bits per heavy atom. The van der Waals surface area contributed by atoms with Crippen LogP contribution in [-0.2, 0) is 0 Å². The van der Waals surface area contributed by atoms with Crippen molar-refractivity contribution in [3.8, 4) is 11.1 Å². The predicted octanol–water partition coefficient (Wildman–Crippen LogP) is 4.77. The maximum absolute atomic E-state index is 2.30. The second kappa shape index (κ2) is 3.35. The van der Waals surface area contributed by atoms with E-state index in [1.54, 1.807) is 11.1 Å². The molecule has 0 nitrogen and oxygen atoms in total. The third-order valence-electron chi connectivity index (χ3n) is 4.69. The van der Waals surface area contributed by atoms with E-state index in [9.17, 15) is 0 Å². The maximum Gasteiger partial charge on any atom is 0.0204 e. The average Bonchev–Trinajstić information content (AvgIpc) is 2.88. The molecule has 0 aliphatic heterocycles. The number of fused-ring (bicyclic) bond motifs is 3. The molecule has 4 rings (SSSR count). The van der Waals surface area contributed by atoms with E-state index in [4.69, 9.17) is 0 Å². The van der Waals surface area contributed by atoms with E-state index < -0.39 is 0 Å². The van der Waals surface area contributed by atoms with Crippen LogP contribution in [0.5, 0.6) is 0 Å². The molecule has 0 spiro atoms. The molecule has 2 aliphatic carbocycles. The van der Waals surface area contributed by atoms with Gasteiger partial charge >= 0.3 is 0 Å². The fourth-order valence-electron chi connectivity index (χ4n) is 3.56. The summed E-state index contributed by atoms with van der Waals surface area (Å²) in [5.74, 6) is 1.24. The van der Waals surface area contributed by atoms with E-state index in [2.05, 4.69) is 62.4 Å². The molecule has 0 aromatic heterocycles. The van der Waals surface area contributed by atoms with Gasteiger partial charge in [-0.25, -0.2) is 0 Å². The highest BCUT2D eigenvalue weighted by molar-refractivity contribution is 5.80. The van der Waals surface area contributed by atoms with Gasteiger partial charge in [-0.1, -0.05) is 59.7 Å². The monoisotopic (exact) mass is 232 g/mol. The molecule has 0 unspecified atom stereocenters. The smallest absolute Gasteiger partial charge is 0.0204 e. The largest absolute Gasteiger partial charge is 0.0656 e. The molecule has 0 atom stereocenters. The SMILES string of the molecule is CC1=C(C)C1C1c2ccccc2-c2ccccc21. The zero-order valence-corrected chi connectivity index (χ0v) is 10.8. The number of benzene rings is 2. The van der Waals surface area contributed by atoms with Gasteiger partial charge in [0.2, 0.25) is 0 Å². The lowest BCUT2D eigenvalue weighted by Crippen LogP contribution is -2.02. The lowest BCUT2D eigenvalue weighted by Gasteiger charge is -2.14. The molecular weight excluding hydrogens is 216 g/mol. The summed E-state index contributed by atoms with van der Waals surface area (Å²) >= 11 is 0. The summed E-state index contributed by atoms with van der Waals surface area (Å²) in [5, 5.41) is 0. The molecule has 2 aliphatic rings. The standard InChI is InChI=1S/C18H16/c1-11-12(2)17(11)18-15-9-5-3-7-13(15)14-8-4-6-10-16(14)18/h3-10,17-18H,1-2H3. The molecule has 0 radical (unpaired) electrons. The van der Waals surface area contributed by atoms with Crippen molar-refractivity contribution in [2.75, 3.05) is 0 Å². The van der Waals surface area contributed by atoms with Gasteiger partial charge in [-0.3, -0.25) is 0 Å². The van der Waals surface area contributed by atoms with Crippen molar-refractivity contribution < 1.29 is 0 Å². The minimum absolute atomic E-state index is 0.567. The van der Waals surface area contributed by atoms with Crippen LogP contribution < -0.4 is 0 Å². The number of hydrogen-bond acceptors (Lipinski definition) is 0. The number of hydrogen-bond donors (Lipinski definition) is 0. The van der Waals surface area contributed by atoms with Crippen LogP contribution in [0.4, 0.5) is 0 Å². The first-order chi connectivity index (χ1) is 8.79. The normalized spacial score (nSPS) is 17.9. The van der Waals surface area contributed by atoms with E-state index in [1.165, 1.54) is 22.3 Å². The first-order valence-electron chi connectivity index (χ1n) is 6.64. The van der Waals surface area contributed by atoms with Gasteiger partial charge in [-0.15, -0.1) is 0 Å². The van der Waals surface area contributed by atoms with Gasteiger partial charge in [0, 0.05) is 11.8 Å². The lowest BCUT2D eigenvalue weighted by atomic mass is 9.88. The lowest BCUT2D eigenvalue weighted by molar-refractivity contribution is 0.734. The molecular formula is C18H16. The molecule has 88 valence electrons. The van der Waals surface area contributed by atoms with Crippen LogP contribution in [0.25, 0.3) is 11.1 Å². The van der Waals surface area contributed by atoms with Gasteiger partial charge in [-0.05, 0) is 36.1 Å². The zero-order valence-electron chi connectivity index (χ0n) is 10.8. The molecule has 18 heavy (non-hydrogen) atoms. The fraction of sp³-hybridized carbons (Fsp3) is 0.222. The van der Waals surface area contributed by atoms with Crippen LogP contribution in [0.2, 0.25) is 0 Å². The summed E-state index contributed by atoms with van der Waals surface area (Å²) in [6.45, 7) is 4.56. The topological polar surface area (TPSA) is 0 Å². The van der Waals surface area contributed by atoms with Crippen LogP contribution in [0, 0.1) is 5.92 Å². The number of allylic oxidation sites excluding steroid dienone is 2. The third-order valence-corrected chi connectivity index (χ3v) is 4.69. The van der Waals surface area contributed by atoms with Crippen molar-refractivity contribution in [1.82, 2.24) is 0 Å². The highest BCUT2D eigenvalue weighted by atomic mass is 14.5. The second-order valence-electron chi connectivity index (χ2n) is 5.50. The van der Waals surface area contributed by atoms with Crippen molar-refractivity contribution >= 4 is 0 Å². The van der Waals surface area contributed by atoms with Gasteiger partial charge in [0.15, 0.2) is 0 Å². The summed E-state index contributed by atoms with van der Waals surface area (Å²) in [7, 11) is 0. The molecule has 2 aromatic carbocycles. The predicted molar refractivity (Wildman–Crippen MR) is 75.6 cm³/mol. The maximum atomic E-state index is 2.30. The molecule has 0 N–H and O–H groups in total. The first kappa shape index (κ1) is 10.1. The summed E-state index contributed by atoms with van der Waals surface area (Å²) in [4.78, 5) is 0. The molecule has 2 aromatic rings.